The zero-order chi connectivity index (χ0) is 22.0. The summed E-state index contributed by atoms with van der Waals surface area (Å²) < 4.78 is 38.8. The standard InChI is InChI=1S/C21H18ClN3O5S/c1-29-18-8-7-15(22)12-19(18)31(27,28)25-9-10-30-21-17(25)11-14(13-23-21)20(26)24-16-5-3-2-4-6-16/h2-8,11-13H,9-10H2,1H3,(H,24,26). The number of pyridine rings is 1. The van der Waals surface area contributed by atoms with Crippen molar-refractivity contribution >= 4 is 38.9 Å². The number of nitrogens with zero attached hydrogens (tertiary/aromatic N) is 2. The highest BCUT2D eigenvalue weighted by Crippen LogP contribution is 2.37. The van der Waals surface area contributed by atoms with Crippen molar-refractivity contribution < 1.29 is 22.7 Å². The highest BCUT2D eigenvalue weighted by Gasteiger charge is 2.34. The number of anilines is 2. The molecule has 0 saturated heterocycles. The number of para-hydroxylation sites is 1. The largest absolute Gasteiger partial charge is 0.495 e. The van der Waals surface area contributed by atoms with Gasteiger partial charge in [-0.25, -0.2) is 13.4 Å². The first-order chi connectivity index (χ1) is 14.9. The van der Waals surface area contributed by atoms with Gasteiger partial charge in [-0.1, -0.05) is 29.8 Å². The molecular weight excluding hydrogens is 442 g/mol. The molecule has 31 heavy (non-hydrogen) atoms. The SMILES string of the molecule is COc1ccc(Cl)cc1S(=O)(=O)N1CCOc2ncc(C(=O)Nc3ccccc3)cc21. The number of aromatic nitrogens is 1. The van der Waals surface area contributed by atoms with Crippen LogP contribution in [0, 0.1) is 0 Å². The Bertz CT molecular complexity index is 1240. The van der Waals surface area contributed by atoms with Gasteiger partial charge in [-0.15, -0.1) is 0 Å². The van der Waals surface area contributed by atoms with Gasteiger partial charge in [0.2, 0.25) is 5.88 Å². The van der Waals surface area contributed by atoms with Crippen molar-refractivity contribution in [3.63, 3.8) is 0 Å². The Morgan fingerprint density at radius 3 is 2.71 bits per heavy atom. The van der Waals surface area contributed by atoms with E-state index in [1.165, 1.54) is 31.5 Å². The van der Waals surface area contributed by atoms with Crippen LogP contribution >= 0.6 is 11.6 Å². The number of hydrogen-bond donors (Lipinski definition) is 1. The summed E-state index contributed by atoms with van der Waals surface area (Å²) in [6.07, 6.45) is 1.34. The fourth-order valence-electron chi connectivity index (χ4n) is 3.15. The summed E-state index contributed by atoms with van der Waals surface area (Å²) in [5.74, 6) is -0.153. The Balaban J connectivity index is 1.73. The minimum Gasteiger partial charge on any atom is -0.495 e. The van der Waals surface area contributed by atoms with E-state index >= 15 is 0 Å². The molecule has 0 spiro atoms. The van der Waals surface area contributed by atoms with Gasteiger partial charge in [0.1, 0.15) is 22.9 Å². The lowest BCUT2D eigenvalue weighted by Gasteiger charge is -2.30. The normalized spacial score (nSPS) is 13.2. The van der Waals surface area contributed by atoms with Gasteiger partial charge in [0, 0.05) is 16.9 Å². The third-order valence-electron chi connectivity index (χ3n) is 4.62. The van der Waals surface area contributed by atoms with Crippen molar-refractivity contribution in [1.29, 1.82) is 0 Å². The number of methoxy groups -OCH3 is 1. The van der Waals surface area contributed by atoms with Crippen LogP contribution in [0.3, 0.4) is 0 Å². The smallest absolute Gasteiger partial charge is 0.268 e. The van der Waals surface area contributed by atoms with E-state index < -0.39 is 15.9 Å². The number of benzene rings is 2. The van der Waals surface area contributed by atoms with Crippen molar-refractivity contribution in [1.82, 2.24) is 4.98 Å². The van der Waals surface area contributed by atoms with Gasteiger partial charge in [0.05, 0.1) is 19.2 Å². The maximum absolute atomic E-state index is 13.5. The maximum atomic E-state index is 13.5. The molecule has 160 valence electrons. The summed E-state index contributed by atoms with van der Waals surface area (Å²) in [7, 11) is -2.69. The molecule has 1 N–H and O–H groups in total. The molecule has 0 aliphatic carbocycles. The van der Waals surface area contributed by atoms with E-state index in [9.17, 15) is 13.2 Å². The van der Waals surface area contributed by atoms with E-state index in [4.69, 9.17) is 21.1 Å². The van der Waals surface area contributed by atoms with Crippen molar-refractivity contribution in [3.05, 3.63) is 71.4 Å². The number of nitrogens with one attached hydrogen (secondary N) is 1. The van der Waals surface area contributed by atoms with Crippen LogP contribution in [0.4, 0.5) is 11.4 Å². The Morgan fingerprint density at radius 2 is 1.97 bits per heavy atom. The number of amides is 1. The number of rotatable bonds is 5. The third kappa shape index (κ3) is 4.14. The molecule has 1 amide bonds. The average molecular weight is 460 g/mol. The maximum Gasteiger partial charge on any atom is 0.268 e. The molecule has 0 atom stereocenters. The van der Waals surface area contributed by atoms with Gasteiger partial charge in [0.25, 0.3) is 15.9 Å². The first kappa shape index (κ1) is 21.0. The zero-order valence-electron chi connectivity index (χ0n) is 16.4. The number of sulfonamides is 1. The molecule has 3 aromatic rings. The Labute approximate surface area is 184 Å². The van der Waals surface area contributed by atoms with E-state index in [0.29, 0.717) is 5.69 Å². The molecule has 1 aromatic heterocycles. The van der Waals surface area contributed by atoms with Crippen LogP contribution in [0.5, 0.6) is 11.6 Å². The number of carbonyl (C=O) groups excluding carboxylic acids is 1. The summed E-state index contributed by atoms with van der Waals surface area (Å²) in [5.41, 5.74) is 0.954. The summed E-state index contributed by atoms with van der Waals surface area (Å²) in [5, 5.41) is 3.00. The van der Waals surface area contributed by atoms with Crippen molar-refractivity contribution in [2.45, 2.75) is 4.90 Å². The molecule has 0 unspecified atom stereocenters. The van der Waals surface area contributed by atoms with Gasteiger partial charge < -0.3 is 14.8 Å². The van der Waals surface area contributed by atoms with Crippen LogP contribution in [0.25, 0.3) is 0 Å². The first-order valence-corrected chi connectivity index (χ1v) is 11.1. The van der Waals surface area contributed by atoms with Crippen LogP contribution in [-0.2, 0) is 10.0 Å². The second kappa shape index (κ2) is 8.44. The number of carbonyl (C=O) groups is 1. The predicted octanol–water partition coefficient (Wildman–Crippen LogP) is 3.58. The molecule has 0 fully saturated rings. The fraction of sp³-hybridized carbons (Fsp3) is 0.143. The number of hydrogen-bond acceptors (Lipinski definition) is 6. The van der Waals surface area contributed by atoms with E-state index in [-0.39, 0.29) is 46.0 Å². The molecule has 2 aromatic carbocycles. The second-order valence-corrected chi connectivity index (χ2v) is 8.86. The molecule has 0 bridgehead atoms. The lowest BCUT2D eigenvalue weighted by atomic mass is 10.2. The van der Waals surface area contributed by atoms with Crippen molar-refractivity contribution in [2.24, 2.45) is 0 Å². The molecule has 0 radical (unpaired) electrons. The Morgan fingerprint density at radius 1 is 1.19 bits per heavy atom. The second-order valence-electron chi connectivity index (χ2n) is 6.59. The van der Waals surface area contributed by atoms with Crippen LogP contribution < -0.4 is 19.1 Å². The molecule has 1 aliphatic rings. The van der Waals surface area contributed by atoms with Gasteiger partial charge >= 0.3 is 0 Å². The molecule has 1 aliphatic heterocycles. The number of halogens is 1. The van der Waals surface area contributed by atoms with Crippen LogP contribution in [-0.4, -0.2) is 39.6 Å². The zero-order valence-corrected chi connectivity index (χ0v) is 18.0. The molecular formula is C21H18ClN3O5S. The summed E-state index contributed by atoms with van der Waals surface area (Å²) >= 11 is 6.03. The lowest BCUT2D eigenvalue weighted by molar-refractivity contribution is 0.102. The van der Waals surface area contributed by atoms with Gasteiger partial charge in [-0.2, -0.15) is 0 Å². The van der Waals surface area contributed by atoms with Crippen LogP contribution in [0.1, 0.15) is 10.4 Å². The van der Waals surface area contributed by atoms with E-state index in [1.54, 1.807) is 30.3 Å². The van der Waals surface area contributed by atoms with Crippen molar-refractivity contribution in [3.8, 4) is 11.6 Å². The van der Waals surface area contributed by atoms with Gasteiger partial charge in [-0.05, 0) is 36.4 Å². The minimum absolute atomic E-state index is 0.0381. The number of ether oxygens (including phenoxy) is 2. The Hall–Kier alpha value is -3.30. The summed E-state index contributed by atoms with van der Waals surface area (Å²) in [4.78, 5) is 16.7. The highest BCUT2D eigenvalue weighted by atomic mass is 35.5. The monoisotopic (exact) mass is 459 g/mol. The van der Waals surface area contributed by atoms with Crippen LogP contribution in [0.15, 0.2) is 65.7 Å². The van der Waals surface area contributed by atoms with Crippen LogP contribution in [0.2, 0.25) is 5.02 Å². The predicted molar refractivity (Wildman–Crippen MR) is 117 cm³/mol. The van der Waals surface area contributed by atoms with E-state index in [2.05, 4.69) is 10.3 Å². The minimum atomic E-state index is -4.07. The fourth-order valence-corrected chi connectivity index (χ4v) is 5.01. The summed E-state index contributed by atoms with van der Waals surface area (Å²) in [6.45, 7) is 0.147. The first-order valence-electron chi connectivity index (χ1n) is 9.25. The molecule has 4 rings (SSSR count). The van der Waals surface area contributed by atoms with Gasteiger partial charge in [0.15, 0.2) is 0 Å². The summed E-state index contributed by atoms with van der Waals surface area (Å²) in [6, 6.07) is 14.7. The number of fused-ring (bicyclic) bond motifs is 1. The lowest BCUT2D eigenvalue weighted by Crippen LogP contribution is -2.38. The van der Waals surface area contributed by atoms with E-state index in [0.717, 1.165) is 4.31 Å². The van der Waals surface area contributed by atoms with Gasteiger partial charge in [-0.3, -0.25) is 9.10 Å². The molecule has 10 heteroatoms. The topological polar surface area (TPSA) is 97.8 Å². The van der Waals surface area contributed by atoms with E-state index in [1.807, 2.05) is 6.07 Å². The quantitative estimate of drug-likeness (QED) is 0.626. The molecule has 2 heterocycles. The third-order valence-corrected chi connectivity index (χ3v) is 6.69. The highest BCUT2D eigenvalue weighted by molar-refractivity contribution is 7.93. The Kier molecular flexibility index (Phi) is 5.71. The molecule has 8 nitrogen and oxygen atoms in total. The average Bonchev–Trinajstić information content (AvgIpc) is 2.79. The van der Waals surface area contributed by atoms with Crippen molar-refractivity contribution in [2.75, 3.05) is 29.9 Å². The molecule has 0 saturated carbocycles.